The van der Waals surface area contributed by atoms with Crippen LogP contribution in [0, 0.1) is 0 Å². The third kappa shape index (κ3) is 2.61. The van der Waals surface area contributed by atoms with Gasteiger partial charge in [-0.15, -0.1) is 0 Å². The highest BCUT2D eigenvalue weighted by Crippen LogP contribution is 2.17. The van der Waals surface area contributed by atoms with E-state index in [1.165, 1.54) is 0 Å². The van der Waals surface area contributed by atoms with E-state index < -0.39 is 0 Å². The predicted molar refractivity (Wildman–Crippen MR) is 60.6 cm³/mol. The lowest BCUT2D eigenvalue weighted by molar-refractivity contribution is 0.121. The Morgan fingerprint density at radius 2 is 2.50 bits per heavy atom. The smallest absolute Gasteiger partial charge is 0.226 e. The van der Waals surface area contributed by atoms with Gasteiger partial charge in [-0.05, 0) is 20.3 Å². The summed E-state index contributed by atoms with van der Waals surface area (Å²) in [6, 6.07) is 2.04. The molecule has 1 aromatic rings. The molecule has 88 valence electrons. The van der Waals surface area contributed by atoms with Gasteiger partial charge in [0.25, 0.3) is 0 Å². The molecule has 1 N–H and O–H groups in total. The van der Waals surface area contributed by atoms with E-state index in [9.17, 15) is 0 Å². The number of anilines is 1. The van der Waals surface area contributed by atoms with Crippen LogP contribution in [-0.4, -0.2) is 35.3 Å². The average Bonchev–Trinajstić information content (AvgIpc) is 2.66. The normalized spacial score (nSPS) is 24.4. The zero-order valence-corrected chi connectivity index (χ0v) is 9.64. The van der Waals surface area contributed by atoms with Gasteiger partial charge in [-0.3, -0.25) is 0 Å². The fourth-order valence-corrected chi connectivity index (χ4v) is 1.73. The van der Waals surface area contributed by atoms with Crippen LogP contribution < -0.4 is 10.1 Å². The Bertz CT molecular complexity index is 346. The molecular formula is C11H17N3O2. The van der Waals surface area contributed by atoms with Gasteiger partial charge in [-0.25, -0.2) is 4.98 Å². The molecule has 0 aromatic carbocycles. The van der Waals surface area contributed by atoms with E-state index >= 15 is 0 Å². The van der Waals surface area contributed by atoms with Gasteiger partial charge in [0.1, 0.15) is 0 Å². The number of hydrogen-bond donors (Lipinski definition) is 1. The van der Waals surface area contributed by atoms with Crippen molar-refractivity contribution in [3.63, 3.8) is 0 Å². The molecule has 0 bridgehead atoms. The van der Waals surface area contributed by atoms with Crippen molar-refractivity contribution in [1.82, 2.24) is 9.97 Å². The van der Waals surface area contributed by atoms with E-state index in [4.69, 9.17) is 9.47 Å². The maximum absolute atomic E-state index is 5.47. The number of aromatic nitrogens is 2. The Kier molecular flexibility index (Phi) is 3.56. The topological polar surface area (TPSA) is 56.3 Å². The first-order valence-electron chi connectivity index (χ1n) is 5.63. The lowest BCUT2D eigenvalue weighted by Crippen LogP contribution is -2.27. The highest BCUT2D eigenvalue weighted by atomic mass is 16.5. The second kappa shape index (κ2) is 5.12. The molecule has 0 saturated carbocycles. The monoisotopic (exact) mass is 223 g/mol. The first-order chi connectivity index (χ1) is 7.79. The minimum absolute atomic E-state index is 0.208. The van der Waals surface area contributed by atoms with Gasteiger partial charge in [0.05, 0.1) is 18.8 Å². The fraction of sp³-hybridized carbons (Fsp3) is 0.636. The molecule has 5 heteroatoms. The molecule has 1 saturated heterocycles. The van der Waals surface area contributed by atoms with Crippen molar-refractivity contribution in [1.29, 1.82) is 0 Å². The molecule has 1 aliphatic heterocycles. The molecular weight excluding hydrogens is 206 g/mol. The van der Waals surface area contributed by atoms with E-state index in [2.05, 4.69) is 22.2 Å². The highest BCUT2D eigenvalue weighted by Gasteiger charge is 2.24. The number of rotatable bonds is 4. The maximum Gasteiger partial charge on any atom is 0.226 e. The molecule has 0 aliphatic carbocycles. The van der Waals surface area contributed by atoms with Crippen LogP contribution in [0.5, 0.6) is 5.88 Å². The molecule has 2 rings (SSSR count). The first kappa shape index (κ1) is 11.1. The van der Waals surface area contributed by atoms with Gasteiger partial charge in [0, 0.05) is 18.9 Å². The Morgan fingerprint density at radius 1 is 1.62 bits per heavy atom. The molecule has 5 nitrogen and oxygen atoms in total. The van der Waals surface area contributed by atoms with Crippen molar-refractivity contribution in [2.45, 2.75) is 32.4 Å². The van der Waals surface area contributed by atoms with E-state index in [-0.39, 0.29) is 12.1 Å². The lowest BCUT2D eigenvalue weighted by atomic mass is 10.2. The summed E-state index contributed by atoms with van der Waals surface area (Å²) in [7, 11) is 0. The van der Waals surface area contributed by atoms with E-state index in [1.54, 1.807) is 12.3 Å². The van der Waals surface area contributed by atoms with Crippen LogP contribution in [-0.2, 0) is 4.74 Å². The summed E-state index contributed by atoms with van der Waals surface area (Å²) in [4.78, 5) is 8.42. The van der Waals surface area contributed by atoms with Crippen LogP contribution in [0.1, 0.15) is 20.3 Å². The van der Waals surface area contributed by atoms with Gasteiger partial charge in [0.15, 0.2) is 0 Å². The van der Waals surface area contributed by atoms with Gasteiger partial charge < -0.3 is 14.8 Å². The minimum atomic E-state index is 0.208. The zero-order valence-electron chi connectivity index (χ0n) is 9.64. The van der Waals surface area contributed by atoms with Gasteiger partial charge in [0.2, 0.25) is 11.8 Å². The largest absolute Gasteiger partial charge is 0.478 e. The number of nitrogens with one attached hydrogen (secondary N) is 1. The Balaban J connectivity index is 2.00. The summed E-state index contributed by atoms with van der Waals surface area (Å²) in [6.45, 7) is 5.39. The summed E-state index contributed by atoms with van der Waals surface area (Å²) < 4.78 is 10.8. The Labute approximate surface area is 95.2 Å². The predicted octanol–water partition coefficient (Wildman–Crippen LogP) is 1.46. The Morgan fingerprint density at radius 3 is 3.19 bits per heavy atom. The second-order valence-corrected chi connectivity index (χ2v) is 3.77. The summed E-state index contributed by atoms with van der Waals surface area (Å²) in [5.41, 5.74) is 0. The molecule has 1 aliphatic rings. The van der Waals surface area contributed by atoms with Crippen LogP contribution in [0.3, 0.4) is 0 Å². The summed E-state index contributed by atoms with van der Waals surface area (Å²) >= 11 is 0. The van der Waals surface area contributed by atoms with Crippen molar-refractivity contribution in [2.24, 2.45) is 0 Å². The van der Waals surface area contributed by atoms with Crippen LogP contribution in [0.4, 0.5) is 5.95 Å². The van der Waals surface area contributed by atoms with Crippen molar-refractivity contribution in [2.75, 3.05) is 18.5 Å². The van der Waals surface area contributed by atoms with Gasteiger partial charge in [-0.1, -0.05) is 0 Å². The van der Waals surface area contributed by atoms with Crippen LogP contribution in [0.15, 0.2) is 12.3 Å². The molecule has 2 heterocycles. The van der Waals surface area contributed by atoms with E-state index in [0.29, 0.717) is 18.4 Å². The molecule has 2 atom stereocenters. The van der Waals surface area contributed by atoms with Crippen molar-refractivity contribution in [3.05, 3.63) is 12.3 Å². The lowest BCUT2D eigenvalue weighted by Gasteiger charge is -2.15. The zero-order chi connectivity index (χ0) is 11.4. The molecule has 0 radical (unpaired) electrons. The summed E-state index contributed by atoms with van der Waals surface area (Å²) in [5.74, 6) is 1.21. The molecule has 16 heavy (non-hydrogen) atoms. The Hall–Kier alpha value is -1.36. The molecule has 1 aromatic heterocycles. The van der Waals surface area contributed by atoms with Crippen molar-refractivity contribution < 1.29 is 9.47 Å². The van der Waals surface area contributed by atoms with Crippen molar-refractivity contribution >= 4 is 5.95 Å². The molecule has 0 amide bonds. The number of ether oxygens (including phenoxy) is 2. The molecule has 2 unspecified atom stereocenters. The number of nitrogens with zero attached hydrogens (tertiary/aromatic N) is 2. The molecule has 1 fully saturated rings. The van der Waals surface area contributed by atoms with Crippen LogP contribution in [0.2, 0.25) is 0 Å². The quantitative estimate of drug-likeness (QED) is 0.837. The average molecular weight is 223 g/mol. The van der Waals surface area contributed by atoms with Crippen LogP contribution in [0.25, 0.3) is 0 Å². The van der Waals surface area contributed by atoms with Gasteiger partial charge in [-0.2, -0.15) is 4.98 Å². The first-order valence-corrected chi connectivity index (χ1v) is 5.63. The third-order valence-corrected chi connectivity index (χ3v) is 2.61. The fourth-order valence-electron chi connectivity index (χ4n) is 1.73. The summed E-state index contributed by atoms with van der Waals surface area (Å²) in [6.07, 6.45) is 2.89. The standard InChI is InChI=1S/C11H17N3O2/c1-3-15-10-4-6-12-11(14-10)13-9-5-7-16-8(9)2/h4,6,8-9H,3,5,7H2,1-2H3,(H,12,13,14). The summed E-state index contributed by atoms with van der Waals surface area (Å²) in [5, 5.41) is 3.26. The third-order valence-electron chi connectivity index (χ3n) is 2.61. The van der Waals surface area contributed by atoms with Crippen molar-refractivity contribution in [3.8, 4) is 5.88 Å². The minimum Gasteiger partial charge on any atom is -0.478 e. The highest BCUT2D eigenvalue weighted by molar-refractivity contribution is 5.29. The SMILES string of the molecule is CCOc1ccnc(NC2CCOC2C)n1. The second-order valence-electron chi connectivity index (χ2n) is 3.77. The van der Waals surface area contributed by atoms with E-state index in [1.807, 2.05) is 6.92 Å². The number of hydrogen-bond acceptors (Lipinski definition) is 5. The van der Waals surface area contributed by atoms with Crippen LogP contribution >= 0.6 is 0 Å². The van der Waals surface area contributed by atoms with E-state index in [0.717, 1.165) is 13.0 Å². The maximum atomic E-state index is 5.47. The molecule has 0 spiro atoms. The van der Waals surface area contributed by atoms with Gasteiger partial charge >= 0.3 is 0 Å².